The number of hydrogen-bond donors (Lipinski definition) is 0. The molecule has 0 spiro atoms. The fourth-order valence-corrected chi connectivity index (χ4v) is 2.86. The van der Waals surface area contributed by atoms with Crippen LogP contribution in [0.1, 0.15) is 31.2 Å². The molecule has 0 saturated carbocycles. The number of ether oxygens (including phenoxy) is 2. The Labute approximate surface area is 136 Å². The Morgan fingerprint density at radius 1 is 1.17 bits per heavy atom. The van der Waals surface area contributed by atoms with Gasteiger partial charge in [-0.25, -0.2) is 0 Å². The fraction of sp³-hybridized carbons (Fsp3) is 0.529. The van der Waals surface area contributed by atoms with Gasteiger partial charge < -0.3 is 13.9 Å². The van der Waals surface area contributed by atoms with E-state index in [1.165, 1.54) is 5.56 Å². The number of nitrogens with zero attached hydrogens (tertiary/aromatic N) is 3. The van der Waals surface area contributed by atoms with Crippen molar-refractivity contribution in [1.29, 1.82) is 0 Å². The summed E-state index contributed by atoms with van der Waals surface area (Å²) < 4.78 is 16.3. The largest absolute Gasteiger partial charge is 0.454 e. The van der Waals surface area contributed by atoms with Crippen LogP contribution >= 0.6 is 0 Å². The van der Waals surface area contributed by atoms with Crippen LogP contribution in [0.15, 0.2) is 22.6 Å². The molecule has 6 nitrogen and oxygen atoms in total. The fourth-order valence-electron chi connectivity index (χ4n) is 2.86. The summed E-state index contributed by atoms with van der Waals surface area (Å²) in [7, 11) is 2.08. The van der Waals surface area contributed by atoms with Gasteiger partial charge in [-0.3, -0.25) is 4.90 Å². The zero-order chi connectivity index (χ0) is 16.2. The molecule has 0 bridgehead atoms. The molecule has 1 aromatic heterocycles. The third kappa shape index (κ3) is 4.01. The number of aryl methyl sites for hydroxylation is 1. The highest BCUT2D eigenvalue weighted by Crippen LogP contribution is 2.33. The summed E-state index contributed by atoms with van der Waals surface area (Å²) in [5, 5.41) is 8.07. The summed E-state index contributed by atoms with van der Waals surface area (Å²) in [6, 6.07) is 6.17. The van der Waals surface area contributed by atoms with Gasteiger partial charge in [-0.1, -0.05) is 19.9 Å². The molecular weight excluding hydrogens is 294 g/mol. The van der Waals surface area contributed by atoms with Gasteiger partial charge in [-0.05, 0) is 37.1 Å². The van der Waals surface area contributed by atoms with Crippen LogP contribution in [-0.2, 0) is 19.4 Å². The van der Waals surface area contributed by atoms with Crippen LogP contribution in [-0.4, -0.2) is 35.5 Å². The second kappa shape index (κ2) is 7.00. The second-order valence-corrected chi connectivity index (χ2v) is 6.14. The Bertz CT molecular complexity index is 656. The van der Waals surface area contributed by atoms with Crippen molar-refractivity contribution in [2.75, 3.05) is 20.4 Å². The first-order valence-corrected chi connectivity index (χ1v) is 8.02. The number of fused-ring (bicyclic) bond motifs is 1. The van der Waals surface area contributed by atoms with Crippen LogP contribution < -0.4 is 9.47 Å². The maximum Gasteiger partial charge on any atom is 0.231 e. The van der Waals surface area contributed by atoms with E-state index in [2.05, 4.69) is 41.2 Å². The minimum absolute atomic E-state index is 0.320. The van der Waals surface area contributed by atoms with Gasteiger partial charge in [0.05, 0.1) is 6.54 Å². The Kier molecular flexibility index (Phi) is 4.81. The first-order chi connectivity index (χ1) is 11.1. The first-order valence-electron chi connectivity index (χ1n) is 8.02. The predicted molar refractivity (Wildman–Crippen MR) is 85.4 cm³/mol. The summed E-state index contributed by atoms with van der Waals surface area (Å²) in [6.07, 6.45) is 1.77. The van der Waals surface area contributed by atoms with E-state index >= 15 is 0 Å². The van der Waals surface area contributed by atoms with Crippen molar-refractivity contribution in [2.45, 2.75) is 33.2 Å². The van der Waals surface area contributed by atoms with Crippen LogP contribution in [0.4, 0.5) is 0 Å². The van der Waals surface area contributed by atoms with Crippen molar-refractivity contribution in [3.63, 3.8) is 0 Å². The van der Waals surface area contributed by atoms with Crippen molar-refractivity contribution in [1.82, 2.24) is 15.1 Å². The Morgan fingerprint density at radius 3 is 2.74 bits per heavy atom. The van der Waals surface area contributed by atoms with Crippen LogP contribution in [0.5, 0.6) is 11.5 Å². The quantitative estimate of drug-likeness (QED) is 0.782. The molecular formula is C17H23N3O3. The van der Waals surface area contributed by atoms with Crippen molar-refractivity contribution >= 4 is 0 Å². The molecule has 0 fully saturated rings. The molecule has 0 aliphatic carbocycles. The lowest BCUT2D eigenvalue weighted by molar-refractivity contribution is 0.174. The average molecular weight is 317 g/mol. The molecule has 1 aliphatic rings. The lowest BCUT2D eigenvalue weighted by Gasteiger charge is -2.20. The van der Waals surface area contributed by atoms with Crippen LogP contribution in [0.2, 0.25) is 0 Å². The summed E-state index contributed by atoms with van der Waals surface area (Å²) in [5.74, 6) is 3.57. The Morgan fingerprint density at radius 2 is 1.96 bits per heavy atom. The van der Waals surface area contributed by atoms with E-state index in [-0.39, 0.29) is 0 Å². The number of rotatable bonds is 7. The molecule has 0 unspecified atom stereocenters. The van der Waals surface area contributed by atoms with Gasteiger partial charge in [-0.15, -0.1) is 10.2 Å². The normalized spacial score (nSPS) is 14.4. The van der Waals surface area contributed by atoms with Crippen LogP contribution in [0, 0.1) is 5.92 Å². The van der Waals surface area contributed by atoms with E-state index in [1.54, 1.807) is 0 Å². The monoisotopic (exact) mass is 317 g/mol. The third-order valence-corrected chi connectivity index (χ3v) is 3.86. The standard InChI is InChI=1S/C17H23N3O3/c1-4-16-18-19-17(23-16)10-20(3)9-12(2)7-13-5-6-14-15(8-13)22-11-21-14/h5-6,8,12H,4,7,9-11H2,1-3H3/t12-/m1/s1. The van der Waals surface area contributed by atoms with Gasteiger partial charge in [0.1, 0.15) is 0 Å². The van der Waals surface area contributed by atoms with Crippen molar-refractivity contribution < 1.29 is 13.9 Å². The molecule has 1 aliphatic heterocycles. The Balaban J connectivity index is 1.51. The lowest BCUT2D eigenvalue weighted by Crippen LogP contribution is -2.25. The molecule has 6 heteroatoms. The SMILES string of the molecule is CCc1nnc(CN(C)C[C@H](C)Cc2ccc3c(c2)OCO3)o1. The highest BCUT2D eigenvalue weighted by Gasteiger charge is 2.15. The van der Waals surface area contributed by atoms with Gasteiger partial charge >= 0.3 is 0 Å². The molecule has 1 atom stereocenters. The van der Waals surface area contributed by atoms with Gasteiger partial charge in [-0.2, -0.15) is 0 Å². The van der Waals surface area contributed by atoms with E-state index in [4.69, 9.17) is 13.9 Å². The summed E-state index contributed by atoms with van der Waals surface area (Å²) in [4.78, 5) is 2.21. The predicted octanol–water partition coefficient (Wildman–Crippen LogP) is 2.67. The molecule has 23 heavy (non-hydrogen) atoms. The highest BCUT2D eigenvalue weighted by molar-refractivity contribution is 5.44. The van der Waals surface area contributed by atoms with E-state index in [0.717, 1.165) is 30.9 Å². The van der Waals surface area contributed by atoms with Crippen molar-refractivity contribution in [2.24, 2.45) is 5.92 Å². The van der Waals surface area contributed by atoms with Crippen LogP contribution in [0.3, 0.4) is 0 Å². The van der Waals surface area contributed by atoms with E-state index in [1.807, 2.05) is 13.0 Å². The molecule has 0 radical (unpaired) electrons. The molecule has 0 N–H and O–H groups in total. The molecule has 124 valence electrons. The molecule has 0 amide bonds. The molecule has 0 saturated heterocycles. The average Bonchev–Trinajstić information content (AvgIpc) is 3.15. The molecule has 2 heterocycles. The summed E-state index contributed by atoms with van der Waals surface area (Å²) in [5.41, 5.74) is 1.27. The van der Waals surface area contributed by atoms with E-state index < -0.39 is 0 Å². The summed E-state index contributed by atoms with van der Waals surface area (Å²) >= 11 is 0. The minimum Gasteiger partial charge on any atom is -0.454 e. The molecule has 1 aromatic carbocycles. The van der Waals surface area contributed by atoms with E-state index in [9.17, 15) is 0 Å². The number of hydrogen-bond acceptors (Lipinski definition) is 6. The smallest absolute Gasteiger partial charge is 0.231 e. The van der Waals surface area contributed by atoms with Crippen molar-refractivity contribution in [3.05, 3.63) is 35.5 Å². The maximum atomic E-state index is 5.56. The van der Waals surface area contributed by atoms with E-state index in [0.29, 0.717) is 31.0 Å². The van der Waals surface area contributed by atoms with Crippen LogP contribution in [0.25, 0.3) is 0 Å². The Hall–Kier alpha value is -2.08. The highest BCUT2D eigenvalue weighted by atomic mass is 16.7. The topological polar surface area (TPSA) is 60.6 Å². The van der Waals surface area contributed by atoms with Gasteiger partial charge in [0.2, 0.25) is 18.6 Å². The lowest BCUT2D eigenvalue weighted by atomic mass is 10.0. The number of aromatic nitrogens is 2. The maximum absolute atomic E-state index is 5.56. The molecule has 2 aromatic rings. The van der Waals surface area contributed by atoms with Crippen molar-refractivity contribution in [3.8, 4) is 11.5 Å². The zero-order valence-electron chi connectivity index (χ0n) is 13.9. The summed E-state index contributed by atoms with van der Waals surface area (Å²) in [6.45, 7) is 6.21. The third-order valence-electron chi connectivity index (χ3n) is 3.86. The van der Waals surface area contributed by atoms with Gasteiger partial charge in [0, 0.05) is 13.0 Å². The zero-order valence-corrected chi connectivity index (χ0v) is 13.9. The number of benzene rings is 1. The second-order valence-electron chi connectivity index (χ2n) is 6.14. The first kappa shape index (κ1) is 15.8. The minimum atomic E-state index is 0.320. The van der Waals surface area contributed by atoms with Gasteiger partial charge in [0.15, 0.2) is 11.5 Å². The molecule has 3 rings (SSSR count). The van der Waals surface area contributed by atoms with Gasteiger partial charge in [0.25, 0.3) is 0 Å².